The summed E-state index contributed by atoms with van der Waals surface area (Å²) in [5, 5.41) is 7.02. The molecule has 3 aromatic carbocycles. The number of halogens is 2. The van der Waals surface area contributed by atoms with E-state index in [0.717, 1.165) is 22.9 Å². The zero-order valence-corrected chi connectivity index (χ0v) is 16.7. The first-order valence-corrected chi connectivity index (χ1v) is 9.56. The van der Waals surface area contributed by atoms with Gasteiger partial charge in [0.15, 0.2) is 6.10 Å². The second kappa shape index (κ2) is 9.80. The molecule has 1 atom stereocenters. The smallest absolute Gasteiger partial charge is 0.308 e. The SMILES string of the molecule is CC(OC(=O)CCNC(=O)c1ccc(F)cc1F)C(=O)Nc1ccc2ccccc2c1. The molecule has 2 N–H and O–H groups in total. The van der Waals surface area contributed by atoms with E-state index < -0.39 is 35.5 Å². The number of amides is 2. The number of rotatable bonds is 7. The third-order valence-corrected chi connectivity index (χ3v) is 4.48. The standard InChI is InChI=1S/C23H20F2N2O4/c1-14(22(29)27-18-8-6-15-4-2-3-5-16(15)12-18)31-21(28)10-11-26-23(30)19-9-7-17(24)13-20(19)25/h2-9,12-14H,10-11H2,1H3,(H,26,30)(H,27,29). The summed E-state index contributed by atoms with van der Waals surface area (Å²) in [4.78, 5) is 36.1. The first-order chi connectivity index (χ1) is 14.8. The highest BCUT2D eigenvalue weighted by molar-refractivity contribution is 5.97. The maximum Gasteiger partial charge on any atom is 0.308 e. The lowest BCUT2D eigenvalue weighted by Gasteiger charge is -2.14. The van der Waals surface area contributed by atoms with Crippen LogP contribution in [0.15, 0.2) is 60.7 Å². The average molecular weight is 426 g/mol. The minimum Gasteiger partial charge on any atom is -0.452 e. The lowest BCUT2D eigenvalue weighted by molar-refractivity contribution is -0.153. The van der Waals surface area contributed by atoms with Gasteiger partial charge in [0.1, 0.15) is 11.6 Å². The molecule has 3 rings (SSSR count). The molecule has 0 spiro atoms. The van der Waals surface area contributed by atoms with E-state index in [4.69, 9.17) is 4.74 Å². The van der Waals surface area contributed by atoms with Crippen molar-refractivity contribution in [3.63, 3.8) is 0 Å². The third kappa shape index (κ3) is 5.85. The molecule has 0 fully saturated rings. The lowest BCUT2D eigenvalue weighted by Crippen LogP contribution is -2.32. The van der Waals surface area contributed by atoms with Gasteiger partial charge in [-0.2, -0.15) is 0 Å². The van der Waals surface area contributed by atoms with Crippen LogP contribution in [-0.4, -0.2) is 30.4 Å². The van der Waals surface area contributed by atoms with E-state index in [9.17, 15) is 23.2 Å². The van der Waals surface area contributed by atoms with Crippen LogP contribution in [-0.2, 0) is 14.3 Å². The van der Waals surface area contributed by atoms with E-state index in [1.807, 2.05) is 36.4 Å². The number of fused-ring (bicyclic) bond motifs is 1. The summed E-state index contributed by atoms with van der Waals surface area (Å²) in [6.07, 6.45) is -1.27. The molecular weight excluding hydrogens is 406 g/mol. The highest BCUT2D eigenvalue weighted by Gasteiger charge is 2.19. The number of carbonyl (C=O) groups excluding carboxylic acids is 3. The minimum atomic E-state index is -1.05. The topological polar surface area (TPSA) is 84.5 Å². The Morgan fingerprint density at radius 2 is 1.71 bits per heavy atom. The normalized spacial score (nSPS) is 11.6. The molecule has 0 saturated carbocycles. The molecule has 0 radical (unpaired) electrons. The molecule has 8 heteroatoms. The van der Waals surface area contributed by atoms with Crippen molar-refractivity contribution in [3.05, 3.63) is 77.9 Å². The molecule has 1 unspecified atom stereocenters. The van der Waals surface area contributed by atoms with Crippen LogP contribution in [0.2, 0.25) is 0 Å². The van der Waals surface area contributed by atoms with Gasteiger partial charge in [-0.25, -0.2) is 8.78 Å². The van der Waals surface area contributed by atoms with Crippen LogP contribution in [0.25, 0.3) is 10.8 Å². The van der Waals surface area contributed by atoms with Crippen LogP contribution < -0.4 is 10.6 Å². The zero-order valence-electron chi connectivity index (χ0n) is 16.7. The zero-order chi connectivity index (χ0) is 22.4. The molecule has 0 bridgehead atoms. The Labute approximate surface area is 177 Å². The van der Waals surface area contributed by atoms with E-state index >= 15 is 0 Å². The summed E-state index contributed by atoms with van der Waals surface area (Å²) >= 11 is 0. The summed E-state index contributed by atoms with van der Waals surface area (Å²) in [5.41, 5.74) is 0.234. The Kier molecular flexibility index (Phi) is 6.92. The molecule has 2 amide bonds. The van der Waals surface area contributed by atoms with Crippen molar-refractivity contribution in [2.45, 2.75) is 19.4 Å². The van der Waals surface area contributed by atoms with Crippen molar-refractivity contribution in [3.8, 4) is 0 Å². The summed E-state index contributed by atoms with van der Waals surface area (Å²) in [7, 11) is 0. The van der Waals surface area contributed by atoms with Crippen molar-refractivity contribution in [2.24, 2.45) is 0 Å². The van der Waals surface area contributed by atoms with Crippen LogP contribution in [0.5, 0.6) is 0 Å². The van der Waals surface area contributed by atoms with Gasteiger partial charge in [-0.05, 0) is 42.0 Å². The van der Waals surface area contributed by atoms with Crippen molar-refractivity contribution in [2.75, 3.05) is 11.9 Å². The van der Waals surface area contributed by atoms with Crippen LogP contribution in [0, 0.1) is 11.6 Å². The molecule has 0 aromatic heterocycles. The first-order valence-electron chi connectivity index (χ1n) is 9.56. The summed E-state index contributed by atoms with van der Waals surface area (Å²) in [5.74, 6) is -3.79. The van der Waals surface area contributed by atoms with Crippen LogP contribution >= 0.6 is 0 Å². The van der Waals surface area contributed by atoms with E-state index in [1.54, 1.807) is 6.07 Å². The Balaban J connectivity index is 1.45. The molecule has 0 saturated heterocycles. The number of hydrogen-bond acceptors (Lipinski definition) is 4. The number of anilines is 1. The van der Waals surface area contributed by atoms with Crippen molar-refractivity contribution >= 4 is 34.2 Å². The fraction of sp³-hybridized carbons (Fsp3) is 0.174. The number of hydrogen-bond donors (Lipinski definition) is 2. The van der Waals surface area contributed by atoms with Crippen LogP contribution in [0.1, 0.15) is 23.7 Å². The molecular formula is C23H20F2N2O4. The second-order valence-corrected chi connectivity index (χ2v) is 6.81. The Morgan fingerprint density at radius 1 is 0.968 bits per heavy atom. The molecule has 6 nitrogen and oxygen atoms in total. The van der Waals surface area contributed by atoms with Gasteiger partial charge in [-0.15, -0.1) is 0 Å². The maximum atomic E-state index is 13.6. The van der Waals surface area contributed by atoms with Crippen LogP contribution in [0.4, 0.5) is 14.5 Å². The Morgan fingerprint density at radius 3 is 2.45 bits per heavy atom. The summed E-state index contributed by atoms with van der Waals surface area (Å²) < 4.78 is 31.5. The molecule has 160 valence electrons. The molecule has 0 aliphatic carbocycles. The average Bonchev–Trinajstić information content (AvgIpc) is 2.73. The fourth-order valence-electron chi connectivity index (χ4n) is 2.87. The first kappa shape index (κ1) is 21.9. The van der Waals surface area contributed by atoms with Gasteiger partial charge in [0.25, 0.3) is 11.8 Å². The predicted octanol–water partition coefficient (Wildman–Crippen LogP) is 3.81. The Bertz CT molecular complexity index is 1130. The monoisotopic (exact) mass is 426 g/mol. The Hall–Kier alpha value is -3.81. The van der Waals surface area contributed by atoms with Gasteiger partial charge < -0.3 is 15.4 Å². The number of carbonyl (C=O) groups is 3. The largest absolute Gasteiger partial charge is 0.452 e. The summed E-state index contributed by atoms with van der Waals surface area (Å²) in [6.45, 7) is 1.30. The van der Waals surface area contributed by atoms with Gasteiger partial charge in [0.2, 0.25) is 0 Å². The molecule has 0 aliphatic heterocycles. The summed E-state index contributed by atoms with van der Waals surface area (Å²) in [6, 6.07) is 15.7. The van der Waals surface area contributed by atoms with Crippen molar-refractivity contribution < 1.29 is 27.9 Å². The van der Waals surface area contributed by atoms with E-state index in [0.29, 0.717) is 11.8 Å². The highest BCUT2D eigenvalue weighted by atomic mass is 19.1. The van der Waals surface area contributed by atoms with E-state index in [1.165, 1.54) is 6.92 Å². The third-order valence-electron chi connectivity index (χ3n) is 4.48. The van der Waals surface area contributed by atoms with Gasteiger partial charge >= 0.3 is 5.97 Å². The second-order valence-electron chi connectivity index (χ2n) is 6.81. The van der Waals surface area contributed by atoms with Gasteiger partial charge in [0, 0.05) is 18.3 Å². The lowest BCUT2D eigenvalue weighted by atomic mass is 10.1. The number of benzene rings is 3. The van der Waals surface area contributed by atoms with Crippen LogP contribution in [0.3, 0.4) is 0 Å². The molecule has 0 heterocycles. The van der Waals surface area contributed by atoms with E-state index in [2.05, 4.69) is 10.6 Å². The predicted molar refractivity (Wildman–Crippen MR) is 111 cm³/mol. The number of nitrogens with one attached hydrogen (secondary N) is 2. The molecule has 3 aromatic rings. The minimum absolute atomic E-state index is 0.131. The number of esters is 1. The molecule has 0 aliphatic rings. The quantitative estimate of drug-likeness (QED) is 0.563. The maximum absolute atomic E-state index is 13.6. The van der Waals surface area contributed by atoms with Crippen molar-refractivity contribution in [1.29, 1.82) is 0 Å². The number of ether oxygens (including phenoxy) is 1. The van der Waals surface area contributed by atoms with E-state index in [-0.39, 0.29) is 18.5 Å². The van der Waals surface area contributed by atoms with Gasteiger partial charge in [-0.1, -0.05) is 30.3 Å². The van der Waals surface area contributed by atoms with Crippen molar-refractivity contribution in [1.82, 2.24) is 5.32 Å². The fourth-order valence-corrected chi connectivity index (χ4v) is 2.87. The van der Waals surface area contributed by atoms with Gasteiger partial charge in [-0.3, -0.25) is 14.4 Å². The van der Waals surface area contributed by atoms with Gasteiger partial charge in [0.05, 0.1) is 12.0 Å². The highest BCUT2D eigenvalue weighted by Crippen LogP contribution is 2.19. The molecule has 31 heavy (non-hydrogen) atoms.